The van der Waals surface area contributed by atoms with Crippen LogP contribution in [0.15, 0.2) is 18.2 Å². The maximum Gasteiger partial charge on any atom is 0.310 e. The van der Waals surface area contributed by atoms with Crippen molar-refractivity contribution < 1.29 is 9.53 Å². The monoisotopic (exact) mass is 297 g/mol. The maximum absolute atomic E-state index is 11.8. The van der Waals surface area contributed by atoms with Crippen LogP contribution in [0.1, 0.15) is 29.5 Å². The molecule has 1 aromatic rings. The van der Waals surface area contributed by atoms with Crippen molar-refractivity contribution in [3.05, 3.63) is 34.9 Å². The van der Waals surface area contributed by atoms with Crippen molar-refractivity contribution >= 4 is 18.4 Å². The van der Waals surface area contributed by atoms with E-state index in [1.165, 1.54) is 24.0 Å². The molecule has 0 spiro atoms. The van der Waals surface area contributed by atoms with Gasteiger partial charge in [-0.05, 0) is 56.5 Å². The average molecular weight is 298 g/mol. The molecular formula is C16H24ClNO2. The van der Waals surface area contributed by atoms with Crippen molar-refractivity contribution in [3.8, 4) is 0 Å². The molecule has 0 N–H and O–H groups in total. The van der Waals surface area contributed by atoms with Gasteiger partial charge in [-0.1, -0.05) is 18.2 Å². The molecule has 2 rings (SSSR count). The molecule has 0 aliphatic heterocycles. The molecule has 0 atom stereocenters. The summed E-state index contributed by atoms with van der Waals surface area (Å²) in [7, 11) is 3.95. The quantitative estimate of drug-likeness (QED) is 0.783. The van der Waals surface area contributed by atoms with Crippen molar-refractivity contribution in [1.82, 2.24) is 4.90 Å². The first kappa shape index (κ1) is 17.0. The van der Waals surface area contributed by atoms with E-state index in [9.17, 15) is 4.79 Å². The molecule has 20 heavy (non-hydrogen) atoms. The Morgan fingerprint density at radius 1 is 1.25 bits per heavy atom. The van der Waals surface area contributed by atoms with Crippen LogP contribution in [0.3, 0.4) is 0 Å². The minimum Gasteiger partial charge on any atom is -0.464 e. The van der Waals surface area contributed by atoms with Gasteiger partial charge in [0.1, 0.15) is 6.61 Å². The number of benzene rings is 1. The Hall–Kier alpha value is -1.06. The Balaban J connectivity index is 0.00000200. The summed E-state index contributed by atoms with van der Waals surface area (Å²) in [6, 6.07) is 6.32. The van der Waals surface area contributed by atoms with Crippen LogP contribution < -0.4 is 0 Å². The predicted molar refractivity (Wildman–Crippen MR) is 83.5 cm³/mol. The standard InChI is InChI=1S/C16H23NO2.ClH/c1-17(2)10-11-19-16(18)12-14-8-5-7-13-6-3-4-9-15(13)14;/h5,7-8H,3-4,6,9-12H2,1-2H3;1H. The second-order valence-electron chi connectivity index (χ2n) is 5.46. The Morgan fingerprint density at radius 2 is 2.00 bits per heavy atom. The summed E-state index contributed by atoms with van der Waals surface area (Å²) in [6.45, 7) is 1.25. The van der Waals surface area contributed by atoms with Crippen LogP contribution in [0.25, 0.3) is 0 Å². The summed E-state index contributed by atoms with van der Waals surface area (Å²) >= 11 is 0. The molecule has 0 fully saturated rings. The number of aryl methyl sites for hydroxylation is 1. The van der Waals surface area contributed by atoms with E-state index in [4.69, 9.17) is 4.74 Å². The minimum atomic E-state index is -0.110. The summed E-state index contributed by atoms with van der Waals surface area (Å²) in [5, 5.41) is 0. The van der Waals surface area contributed by atoms with Gasteiger partial charge in [0.05, 0.1) is 6.42 Å². The number of fused-ring (bicyclic) bond motifs is 1. The number of carbonyl (C=O) groups excluding carboxylic acids is 1. The van der Waals surface area contributed by atoms with Crippen molar-refractivity contribution in [2.45, 2.75) is 32.1 Å². The zero-order valence-electron chi connectivity index (χ0n) is 12.4. The number of halogens is 1. The summed E-state index contributed by atoms with van der Waals surface area (Å²) in [4.78, 5) is 13.9. The lowest BCUT2D eigenvalue weighted by Crippen LogP contribution is -2.21. The Kier molecular flexibility index (Phi) is 7.03. The topological polar surface area (TPSA) is 29.5 Å². The van der Waals surface area contributed by atoms with E-state index in [-0.39, 0.29) is 18.4 Å². The highest BCUT2D eigenvalue weighted by Crippen LogP contribution is 2.24. The van der Waals surface area contributed by atoms with E-state index in [1.54, 1.807) is 0 Å². The number of esters is 1. The van der Waals surface area contributed by atoms with Crippen LogP contribution in [-0.2, 0) is 28.8 Å². The normalized spacial score (nSPS) is 13.6. The molecule has 0 unspecified atom stereocenters. The summed E-state index contributed by atoms with van der Waals surface area (Å²) < 4.78 is 5.27. The van der Waals surface area contributed by atoms with Crippen LogP contribution in [0, 0.1) is 0 Å². The molecule has 4 heteroatoms. The minimum absolute atomic E-state index is 0. The van der Waals surface area contributed by atoms with Gasteiger partial charge >= 0.3 is 5.97 Å². The van der Waals surface area contributed by atoms with Crippen molar-refractivity contribution in [3.63, 3.8) is 0 Å². The third kappa shape index (κ3) is 4.80. The number of likely N-dealkylation sites (N-methyl/N-ethyl adjacent to an activating group) is 1. The Bertz CT molecular complexity index is 446. The molecule has 0 amide bonds. The predicted octanol–water partition coefficient (Wildman–Crippen LogP) is 2.63. The zero-order valence-corrected chi connectivity index (χ0v) is 13.2. The lowest BCUT2D eigenvalue weighted by Gasteiger charge is -2.19. The third-order valence-corrected chi connectivity index (χ3v) is 3.63. The van der Waals surface area contributed by atoms with Crippen LogP contribution in [-0.4, -0.2) is 38.1 Å². The van der Waals surface area contributed by atoms with Crippen LogP contribution in [0.5, 0.6) is 0 Å². The molecule has 0 saturated carbocycles. The maximum atomic E-state index is 11.8. The van der Waals surface area contributed by atoms with Gasteiger partial charge in [0.15, 0.2) is 0 Å². The summed E-state index contributed by atoms with van der Waals surface area (Å²) in [5.74, 6) is -0.110. The summed E-state index contributed by atoms with van der Waals surface area (Å²) in [5.41, 5.74) is 3.97. The molecular weight excluding hydrogens is 274 g/mol. The van der Waals surface area contributed by atoms with E-state index >= 15 is 0 Å². The number of carbonyl (C=O) groups is 1. The highest BCUT2D eigenvalue weighted by molar-refractivity contribution is 5.85. The molecule has 1 aromatic carbocycles. The van der Waals surface area contributed by atoms with E-state index < -0.39 is 0 Å². The Labute approximate surface area is 127 Å². The smallest absolute Gasteiger partial charge is 0.310 e. The first-order chi connectivity index (χ1) is 9.16. The van der Waals surface area contributed by atoms with Gasteiger partial charge in [0, 0.05) is 6.54 Å². The van der Waals surface area contributed by atoms with Crippen molar-refractivity contribution in [1.29, 1.82) is 0 Å². The molecule has 1 aliphatic rings. The molecule has 0 saturated heterocycles. The zero-order chi connectivity index (χ0) is 13.7. The molecule has 112 valence electrons. The van der Waals surface area contributed by atoms with Crippen molar-refractivity contribution in [2.75, 3.05) is 27.2 Å². The number of hydrogen-bond donors (Lipinski definition) is 0. The number of hydrogen-bond acceptors (Lipinski definition) is 3. The molecule has 0 heterocycles. The number of rotatable bonds is 5. The van der Waals surface area contributed by atoms with Gasteiger partial charge in [-0.3, -0.25) is 4.79 Å². The second-order valence-corrected chi connectivity index (χ2v) is 5.46. The molecule has 1 aliphatic carbocycles. The fraction of sp³-hybridized carbons (Fsp3) is 0.562. The second kappa shape index (κ2) is 8.28. The molecule has 0 aromatic heterocycles. The highest BCUT2D eigenvalue weighted by atomic mass is 35.5. The number of nitrogens with zero attached hydrogens (tertiary/aromatic N) is 1. The summed E-state index contributed by atoms with van der Waals surface area (Å²) in [6.07, 6.45) is 5.18. The lowest BCUT2D eigenvalue weighted by molar-refractivity contribution is -0.143. The third-order valence-electron chi connectivity index (χ3n) is 3.63. The number of ether oxygens (including phenoxy) is 1. The molecule has 3 nitrogen and oxygen atoms in total. The lowest BCUT2D eigenvalue weighted by atomic mass is 9.87. The van der Waals surface area contributed by atoms with Gasteiger partial charge in [0.2, 0.25) is 0 Å². The van der Waals surface area contributed by atoms with Gasteiger partial charge in [-0.25, -0.2) is 0 Å². The van der Waals surface area contributed by atoms with Gasteiger partial charge in [0.25, 0.3) is 0 Å². The first-order valence-corrected chi connectivity index (χ1v) is 7.07. The van der Waals surface area contributed by atoms with Crippen LogP contribution >= 0.6 is 12.4 Å². The molecule has 0 bridgehead atoms. The van der Waals surface area contributed by atoms with E-state index in [0.29, 0.717) is 13.0 Å². The van der Waals surface area contributed by atoms with Crippen LogP contribution in [0.2, 0.25) is 0 Å². The van der Waals surface area contributed by atoms with E-state index in [1.807, 2.05) is 19.0 Å². The first-order valence-electron chi connectivity index (χ1n) is 7.07. The van der Waals surface area contributed by atoms with Crippen molar-refractivity contribution in [2.24, 2.45) is 0 Å². The van der Waals surface area contributed by atoms with Gasteiger partial charge < -0.3 is 9.64 Å². The Morgan fingerprint density at radius 3 is 2.75 bits per heavy atom. The fourth-order valence-electron chi connectivity index (χ4n) is 2.57. The van der Waals surface area contributed by atoms with Gasteiger partial charge in [-0.15, -0.1) is 12.4 Å². The SMILES string of the molecule is CN(C)CCOC(=O)Cc1cccc2c1CCCC2.Cl. The highest BCUT2D eigenvalue weighted by Gasteiger charge is 2.15. The largest absolute Gasteiger partial charge is 0.464 e. The van der Waals surface area contributed by atoms with E-state index in [0.717, 1.165) is 24.9 Å². The average Bonchev–Trinajstić information content (AvgIpc) is 2.39. The van der Waals surface area contributed by atoms with Crippen LogP contribution in [0.4, 0.5) is 0 Å². The molecule has 0 radical (unpaired) electrons. The van der Waals surface area contributed by atoms with E-state index in [2.05, 4.69) is 18.2 Å². The van der Waals surface area contributed by atoms with Gasteiger partial charge in [-0.2, -0.15) is 0 Å². The fourth-order valence-corrected chi connectivity index (χ4v) is 2.57.